The van der Waals surface area contributed by atoms with E-state index in [2.05, 4.69) is 0 Å². The summed E-state index contributed by atoms with van der Waals surface area (Å²) in [6, 6.07) is 0. The molecule has 0 aromatic carbocycles. The number of rotatable bonds is 19. The Morgan fingerprint density at radius 1 is 0.511 bits per heavy atom. The van der Waals surface area contributed by atoms with Crippen molar-refractivity contribution in [3.8, 4) is 0 Å². The van der Waals surface area contributed by atoms with Crippen molar-refractivity contribution in [2.45, 2.75) is 119 Å². The van der Waals surface area contributed by atoms with E-state index in [9.17, 15) is 40.9 Å². The fourth-order valence-corrected chi connectivity index (χ4v) is 4.85. The molecule has 15 unspecified atom stereocenters. The van der Waals surface area contributed by atoms with Gasteiger partial charge in [-0.05, 0) is 32.1 Å². The predicted molar refractivity (Wildman–Crippen MR) is 146 cm³/mol. The Bertz CT molecular complexity index is 803. The number of unbranched alkanes of at least 4 members (excludes halogenated alkanes) is 3. The quantitative estimate of drug-likeness (QED) is 0.0453. The van der Waals surface area contributed by atoms with E-state index in [-0.39, 0.29) is 26.4 Å². The molecule has 266 valence electrons. The largest absolute Gasteiger partial charge is 0.396 e. The van der Waals surface area contributed by atoms with Gasteiger partial charge in [0.25, 0.3) is 0 Å². The van der Waals surface area contributed by atoms with Gasteiger partial charge >= 0.3 is 0 Å². The van der Waals surface area contributed by atoms with Crippen LogP contribution >= 0.6 is 9.03 Å². The van der Waals surface area contributed by atoms with Crippen molar-refractivity contribution < 1.29 is 93.3 Å². The first kappa shape index (κ1) is 39.1. The second kappa shape index (κ2) is 20.2. The normalized spacial score (nSPS) is 41.2. The lowest BCUT2D eigenvalue weighted by atomic mass is 9.99. The molecule has 45 heavy (non-hydrogen) atoms. The first-order valence-corrected chi connectivity index (χ1v) is 15.6. The summed E-state index contributed by atoms with van der Waals surface area (Å²) in [5.41, 5.74) is 0. The summed E-state index contributed by atoms with van der Waals surface area (Å²) < 4.78 is 48.3. The number of hydrogen-bond acceptors (Lipinski definition) is 19. The van der Waals surface area contributed by atoms with E-state index in [1.165, 1.54) is 0 Å². The highest BCUT2D eigenvalue weighted by molar-refractivity contribution is 7.24. The van der Waals surface area contributed by atoms with Gasteiger partial charge in [-0.25, -0.2) is 0 Å². The summed E-state index contributed by atoms with van der Waals surface area (Å²) in [5, 5.41) is 91.6. The fraction of sp³-hybridized carbons (Fsp3) is 1.00. The van der Waals surface area contributed by atoms with Crippen LogP contribution in [0.15, 0.2) is 0 Å². The number of aliphatic hydroxyl groups is 9. The third-order valence-electron chi connectivity index (χ3n) is 7.24. The lowest BCUT2D eigenvalue weighted by molar-refractivity contribution is -0.412. The molecule has 0 saturated carbocycles. The zero-order chi connectivity index (χ0) is 32.9. The highest BCUT2D eigenvalue weighted by atomic mass is 31.1. The topological polar surface area (TPSA) is 285 Å². The Labute approximate surface area is 261 Å². The monoisotopic (exact) mass is 682 g/mol. The molecule has 3 heterocycles. The molecule has 0 bridgehead atoms. The maximum atomic E-state index is 10.5. The van der Waals surface area contributed by atoms with E-state index in [1.54, 1.807) is 0 Å². The van der Waals surface area contributed by atoms with Gasteiger partial charge < -0.3 is 93.3 Å². The summed E-state index contributed by atoms with van der Waals surface area (Å²) >= 11 is 0. The maximum absolute atomic E-state index is 10.5. The minimum absolute atomic E-state index is 0.0313. The van der Waals surface area contributed by atoms with Gasteiger partial charge in [-0.3, -0.25) is 0 Å². The first-order valence-electron chi connectivity index (χ1n) is 14.7. The molecule has 0 radical (unpaired) electrons. The minimum atomic E-state index is -1.88. The summed E-state index contributed by atoms with van der Waals surface area (Å²) in [5.74, 6) is 0. The number of ether oxygens (including phenoxy) is 8. The Kier molecular flexibility index (Phi) is 17.6. The van der Waals surface area contributed by atoms with Gasteiger partial charge in [0.2, 0.25) is 12.6 Å². The molecule has 20 heteroatoms. The first-order chi connectivity index (χ1) is 21.6. The van der Waals surface area contributed by atoms with E-state index in [0.29, 0.717) is 38.7 Å². The van der Waals surface area contributed by atoms with E-state index in [4.69, 9.17) is 52.4 Å². The van der Waals surface area contributed by atoms with Gasteiger partial charge in [0, 0.05) is 19.8 Å². The number of aliphatic hydroxyl groups excluding tert-OH is 9. The summed E-state index contributed by atoms with van der Waals surface area (Å²) in [4.78, 5) is 8.65. The van der Waals surface area contributed by atoms with Gasteiger partial charge in [-0.1, -0.05) is 0 Å². The van der Waals surface area contributed by atoms with Crippen molar-refractivity contribution >= 4 is 9.03 Å². The molecule has 0 spiro atoms. The van der Waals surface area contributed by atoms with Crippen LogP contribution in [0.4, 0.5) is 0 Å². The third-order valence-corrected chi connectivity index (χ3v) is 7.58. The molecule has 0 amide bonds. The molecule has 0 aliphatic carbocycles. The Balaban J connectivity index is 1.53. The lowest BCUT2D eigenvalue weighted by Gasteiger charge is -2.45. The smallest absolute Gasteiger partial charge is 0.209 e. The lowest BCUT2D eigenvalue weighted by Crippen LogP contribution is -2.64. The van der Waals surface area contributed by atoms with Crippen molar-refractivity contribution in [3.05, 3.63) is 0 Å². The standard InChI is InChI=1S/C25H47O19P/c26-6-2-1-3-8-37-25-21(34)42-20(33)13(41-25)11-38-22-17(30)16(29)19(32)24(43-22)44-23-18(31)15(28)14(27)12(40-23)10-36-7-4-5-9-39-45-35/h12-35,45H,1-11H2. The molecule has 10 N–H and O–H groups in total. The molecule has 3 fully saturated rings. The van der Waals surface area contributed by atoms with Crippen LogP contribution < -0.4 is 0 Å². The zero-order valence-electron chi connectivity index (χ0n) is 24.5. The fourth-order valence-electron chi connectivity index (χ4n) is 4.61. The summed E-state index contributed by atoms with van der Waals surface area (Å²) in [6.45, 7) is 0.0463. The average Bonchev–Trinajstić information content (AvgIpc) is 3.02. The van der Waals surface area contributed by atoms with E-state index < -0.39 is 102 Å². The van der Waals surface area contributed by atoms with Crippen LogP contribution in [-0.2, 0) is 42.4 Å². The van der Waals surface area contributed by atoms with Crippen molar-refractivity contribution in [2.24, 2.45) is 0 Å². The molecule has 3 aliphatic heterocycles. The maximum Gasteiger partial charge on any atom is 0.209 e. The van der Waals surface area contributed by atoms with Gasteiger partial charge in [0.05, 0.1) is 19.8 Å². The number of hydrogen-bond donors (Lipinski definition) is 10. The van der Waals surface area contributed by atoms with Gasteiger partial charge in [0.15, 0.2) is 34.2 Å². The summed E-state index contributed by atoms with van der Waals surface area (Å²) in [6.07, 6.45) is -19.9. The van der Waals surface area contributed by atoms with Crippen LogP contribution in [0, 0.1) is 0 Å². The Morgan fingerprint density at radius 3 is 1.84 bits per heavy atom. The SMILES string of the molecule is OCCCCCOC1OC(COC2OC(OC3OC(COCCCCOPO)C(O)C(O)C3O)C(O)C(O)C2O)C(O)OC1O. The highest BCUT2D eigenvalue weighted by Crippen LogP contribution is 2.29. The second-order valence-corrected chi connectivity index (χ2v) is 11.1. The van der Waals surface area contributed by atoms with Crippen molar-refractivity contribution in [2.75, 3.05) is 39.6 Å². The van der Waals surface area contributed by atoms with Crippen molar-refractivity contribution in [1.82, 2.24) is 0 Å². The van der Waals surface area contributed by atoms with Gasteiger partial charge in [-0.15, -0.1) is 0 Å². The molecule has 15 atom stereocenters. The van der Waals surface area contributed by atoms with E-state index >= 15 is 0 Å². The van der Waals surface area contributed by atoms with Crippen molar-refractivity contribution in [3.63, 3.8) is 0 Å². The average molecular weight is 683 g/mol. The Hall–Kier alpha value is -0.330. The van der Waals surface area contributed by atoms with Crippen LogP contribution in [0.2, 0.25) is 0 Å². The van der Waals surface area contributed by atoms with Crippen LogP contribution in [0.25, 0.3) is 0 Å². The van der Waals surface area contributed by atoms with Crippen LogP contribution in [0.3, 0.4) is 0 Å². The molecule has 0 aromatic heterocycles. The minimum Gasteiger partial charge on any atom is -0.396 e. The van der Waals surface area contributed by atoms with Crippen LogP contribution in [0.1, 0.15) is 32.1 Å². The van der Waals surface area contributed by atoms with Gasteiger partial charge in [0.1, 0.15) is 48.8 Å². The molecular formula is C25H47O19P. The second-order valence-electron chi connectivity index (χ2n) is 10.7. The van der Waals surface area contributed by atoms with Crippen LogP contribution in [-0.4, -0.2) is 177 Å². The molecular weight excluding hydrogens is 635 g/mol. The van der Waals surface area contributed by atoms with Crippen molar-refractivity contribution in [1.29, 1.82) is 0 Å². The highest BCUT2D eigenvalue weighted by Gasteiger charge is 2.50. The molecule has 0 aromatic rings. The van der Waals surface area contributed by atoms with Gasteiger partial charge in [-0.2, -0.15) is 0 Å². The molecule has 3 saturated heterocycles. The van der Waals surface area contributed by atoms with Crippen LogP contribution in [0.5, 0.6) is 0 Å². The summed E-state index contributed by atoms with van der Waals surface area (Å²) in [7, 11) is -0.610. The molecule has 3 rings (SSSR count). The zero-order valence-corrected chi connectivity index (χ0v) is 25.5. The third kappa shape index (κ3) is 11.7. The predicted octanol–water partition coefficient (Wildman–Crippen LogP) is -4.54. The molecule has 19 nitrogen and oxygen atoms in total. The Morgan fingerprint density at radius 2 is 1.13 bits per heavy atom. The van der Waals surface area contributed by atoms with E-state index in [0.717, 1.165) is 0 Å². The van der Waals surface area contributed by atoms with E-state index in [1.807, 2.05) is 0 Å². The molecule has 3 aliphatic rings.